The van der Waals surface area contributed by atoms with Gasteiger partial charge >= 0.3 is 0 Å². The third-order valence-electron chi connectivity index (χ3n) is 3.74. The molecular formula is C18H25N3O4. The molecule has 7 heteroatoms. The van der Waals surface area contributed by atoms with Crippen molar-refractivity contribution in [3.05, 3.63) is 35.9 Å². The number of nitrogens with one attached hydrogen (secondary N) is 2. The van der Waals surface area contributed by atoms with Gasteiger partial charge in [-0.25, -0.2) is 0 Å². The van der Waals surface area contributed by atoms with Crippen molar-refractivity contribution in [2.75, 3.05) is 0 Å². The maximum absolute atomic E-state index is 12.5. The second-order valence-corrected chi connectivity index (χ2v) is 5.84. The Bertz CT molecular complexity index is 616. The average Bonchev–Trinajstić information content (AvgIpc) is 2.57. The Kier molecular flexibility index (Phi) is 8.32. The SMILES string of the molecule is CCC(=O)CC[C@@H](NC(=O)[C@H](Cc1ccccc1)NC(C)=O)C(N)=O. The topological polar surface area (TPSA) is 118 Å². The zero-order valence-electron chi connectivity index (χ0n) is 14.6. The van der Waals surface area contributed by atoms with Crippen molar-refractivity contribution < 1.29 is 19.2 Å². The van der Waals surface area contributed by atoms with Crippen molar-refractivity contribution in [2.45, 2.75) is 51.6 Å². The predicted octanol–water partition coefficient (Wildman–Crippen LogP) is 0.463. The molecule has 0 saturated heterocycles. The van der Waals surface area contributed by atoms with E-state index in [9.17, 15) is 19.2 Å². The van der Waals surface area contributed by atoms with E-state index in [1.54, 1.807) is 6.92 Å². The lowest BCUT2D eigenvalue weighted by molar-refractivity contribution is -0.131. The smallest absolute Gasteiger partial charge is 0.243 e. The summed E-state index contributed by atoms with van der Waals surface area (Å²) in [5.41, 5.74) is 6.18. The summed E-state index contributed by atoms with van der Waals surface area (Å²) in [6.45, 7) is 3.05. The molecule has 2 atom stereocenters. The van der Waals surface area contributed by atoms with Gasteiger partial charge in [0.2, 0.25) is 17.7 Å². The maximum Gasteiger partial charge on any atom is 0.243 e. The molecule has 1 rings (SSSR count). The van der Waals surface area contributed by atoms with Crippen molar-refractivity contribution in [3.8, 4) is 0 Å². The molecule has 0 aliphatic rings. The monoisotopic (exact) mass is 347 g/mol. The number of hydrogen-bond donors (Lipinski definition) is 3. The summed E-state index contributed by atoms with van der Waals surface area (Å²) in [4.78, 5) is 46.9. The van der Waals surface area contributed by atoms with E-state index in [-0.39, 0.29) is 31.0 Å². The van der Waals surface area contributed by atoms with Crippen LogP contribution in [0.3, 0.4) is 0 Å². The Morgan fingerprint density at radius 3 is 2.20 bits per heavy atom. The molecule has 1 aromatic carbocycles. The Morgan fingerprint density at radius 2 is 1.68 bits per heavy atom. The number of amides is 3. The van der Waals surface area contributed by atoms with Crippen LogP contribution in [-0.4, -0.2) is 35.6 Å². The molecule has 3 amide bonds. The zero-order valence-corrected chi connectivity index (χ0v) is 14.6. The van der Waals surface area contributed by atoms with Crippen LogP contribution in [0.4, 0.5) is 0 Å². The first-order valence-corrected chi connectivity index (χ1v) is 8.25. The zero-order chi connectivity index (χ0) is 18.8. The minimum absolute atomic E-state index is 0.0109. The normalized spacial score (nSPS) is 12.7. The second kappa shape index (κ2) is 10.2. The highest BCUT2D eigenvalue weighted by Gasteiger charge is 2.25. The summed E-state index contributed by atoms with van der Waals surface area (Å²) in [5, 5.41) is 5.12. The first-order valence-electron chi connectivity index (χ1n) is 8.25. The number of primary amides is 1. The highest BCUT2D eigenvalue weighted by atomic mass is 16.2. The fourth-order valence-corrected chi connectivity index (χ4v) is 2.34. The molecule has 1 aromatic rings. The van der Waals surface area contributed by atoms with Crippen LogP contribution >= 0.6 is 0 Å². The third-order valence-corrected chi connectivity index (χ3v) is 3.74. The van der Waals surface area contributed by atoms with E-state index in [0.717, 1.165) is 5.56 Å². The Balaban J connectivity index is 2.78. The molecule has 136 valence electrons. The minimum Gasteiger partial charge on any atom is -0.368 e. The van der Waals surface area contributed by atoms with Crippen LogP contribution in [0.2, 0.25) is 0 Å². The standard InChI is InChI=1S/C18H25N3O4/c1-3-14(23)9-10-15(17(19)24)21-18(25)16(20-12(2)22)11-13-7-5-4-6-8-13/h4-8,15-16H,3,9-11H2,1-2H3,(H2,19,24)(H,20,22)(H,21,25)/t15-,16+/m1/s1. The van der Waals surface area contributed by atoms with Gasteiger partial charge in [-0.15, -0.1) is 0 Å². The Labute approximate surface area is 147 Å². The molecule has 0 bridgehead atoms. The van der Waals surface area contributed by atoms with Gasteiger partial charge in [-0.3, -0.25) is 19.2 Å². The summed E-state index contributed by atoms with van der Waals surface area (Å²) in [5.74, 6) is -1.58. The molecule has 25 heavy (non-hydrogen) atoms. The van der Waals surface area contributed by atoms with Crippen molar-refractivity contribution >= 4 is 23.5 Å². The molecule has 0 radical (unpaired) electrons. The van der Waals surface area contributed by atoms with E-state index in [4.69, 9.17) is 5.73 Å². The molecule has 0 heterocycles. The molecule has 0 fully saturated rings. The van der Waals surface area contributed by atoms with E-state index >= 15 is 0 Å². The molecular weight excluding hydrogens is 322 g/mol. The summed E-state index contributed by atoms with van der Waals surface area (Å²) in [7, 11) is 0. The highest BCUT2D eigenvalue weighted by Crippen LogP contribution is 2.06. The number of benzene rings is 1. The summed E-state index contributed by atoms with van der Waals surface area (Å²) >= 11 is 0. The molecule has 0 unspecified atom stereocenters. The number of ketones is 1. The van der Waals surface area contributed by atoms with Crippen LogP contribution in [0.1, 0.15) is 38.7 Å². The molecule has 0 aliphatic heterocycles. The van der Waals surface area contributed by atoms with Crippen molar-refractivity contribution in [2.24, 2.45) is 5.73 Å². The van der Waals surface area contributed by atoms with Gasteiger partial charge in [0.05, 0.1) is 0 Å². The number of Topliss-reactive ketones (excluding diaryl/α,β-unsaturated/α-hetero) is 1. The molecule has 0 spiro atoms. The molecule has 7 nitrogen and oxygen atoms in total. The summed E-state index contributed by atoms with van der Waals surface area (Å²) in [6, 6.07) is 7.42. The van der Waals surface area contributed by atoms with Gasteiger partial charge in [-0.2, -0.15) is 0 Å². The quantitative estimate of drug-likeness (QED) is 0.570. The van der Waals surface area contributed by atoms with Gasteiger partial charge in [-0.1, -0.05) is 37.3 Å². The average molecular weight is 347 g/mol. The van der Waals surface area contributed by atoms with Gasteiger partial charge in [-0.05, 0) is 12.0 Å². The second-order valence-electron chi connectivity index (χ2n) is 5.84. The van der Waals surface area contributed by atoms with Gasteiger partial charge in [0, 0.05) is 26.2 Å². The number of carbonyl (C=O) groups excluding carboxylic acids is 4. The van der Waals surface area contributed by atoms with Crippen molar-refractivity contribution in [1.82, 2.24) is 10.6 Å². The minimum atomic E-state index is -0.949. The van der Waals surface area contributed by atoms with E-state index in [2.05, 4.69) is 10.6 Å². The fourth-order valence-electron chi connectivity index (χ4n) is 2.34. The lowest BCUT2D eigenvalue weighted by Gasteiger charge is -2.21. The summed E-state index contributed by atoms with van der Waals surface area (Å²) < 4.78 is 0. The molecule has 4 N–H and O–H groups in total. The van der Waals surface area contributed by atoms with Gasteiger partial charge < -0.3 is 16.4 Å². The van der Waals surface area contributed by atoms with E-state index in [0.29, 0.717) is 6.42 Å². The Hall–Kier alpha value is -2.70. The van der Waals surface area contributed by atoms with Crippen LogP contribution in [-0.2, 0) is 25.6 Å². The first kappa shape index (κ1) is 20.3. The third kappa shape index (κ3) is 7.60. The fraction of sp³-hybridized carbons (Fsp3) is 0.444. The first-order chi connectivity index (χ1) is 11.8. The van der Waals surface area contributed by atoms with Crippen molar-refractivity contribution in [1.29, 1.82) is 0 Å². The molecule has 0 aliphatic carbocycles. The van der Waals surface area contributed by atoms with E-state index in [1.165, 1.54) is 6.92 Å². The van der Waals surface area contributed by atoms with Gasteiger partial charge in [0.25, 0.3) is 0 Å². The van der Waals surface area contributed by atoms with E-state index < -0.39 is 23.9 Å². The molecule has 0 saturated carbocycles. The number of rotatable bonds is 10. The lowest BCUT2D eigenvalue weighted by Crippen LogP contribution is -2.53. The van der Waals surface area contributed by atoms with Crippen LogP contribution in [0.25, 0.3) is 0 Å². The number of nitrogens with two attached hydrogens (primary N) is 1. The van der Waals surface area contributed by atoms with Gasteiger partial charge in [0.1, 0.15) is 17.9 Å². The van der Waals surface area contributed by atoms with Crippen LogP contribution in [0.15, 0.2) is 30.3 Å². The van der Waals surface area contributed by atoms with Crippen LogP contribution in [0, 0.1) is 0 Å². The Morgan fingerprint density at radius 1 is 1.04 bits per heavy atom. The van der Waals surface area contributed by atoms with Crippen LogP contribution in [0.5, 0.6) is 0 Å². The lowest BCUT2D eigenvalue weighted by atomic mass is 10.0. The van der Waals surface area contributed by atoms with Gasteiger partial charge in [0.15, 0.2) is 0 Å². The number of hydrogen-bond acceptors (Lipinski definition) is 4. The van der Waals surface area contributed by atoms with Crippen molar-refractivity contribution in [3.63, 3.8) is 0 Å². The van der Waals surface area contributed by atoms with E-state index in [1.807, 2.05) is 30.3 Å². The number of carbonyl (C=O) groups is 4. The van der Waals surface area contributed by atoms with Crippen LogP contribution < -0.4 is 16.4 Å². The predicted molar refractivity (Wildman–Crippen MR) is 93.4 cm³/mol. The maximum atomic E-state index is 12.5. The molecule has 0 aromatic heterocycles. The highest BCUT2D eigenvalue weighted by molar-refractivity contribution is 5.91. The summed E-state index contributed by atoms with van der Waals surface area (Å²) in [6.07, 6.45) is 0.952. The largest absolute Gasteiger partial charge is 0.368 e.